The van der Waals surface area contributed by atoms with Gasteiger partial charge >= 0.3 is 0 Å². The highest BCUT2D eigenvalue weighted by Crippen LogP contribution is 2.37. The zero-order valence-corrected chi connectivity index (χ0v) is 14.9. The van der Waals surface area contributed by atoms with Crippen LogP contribution in [-0.2, 0) is 6.42 Å². The topological polar surface area (TPSA) is 35.2 Å². The van der Waals surface area contributed by atoms with Crippen molar-refractivity contribution >= 4 is 8.41 Å². The predicted octanol–water partition coefficient (Wildman–Crippen LogP) is 4.68. The number of ether oxygens (including phenoxy) is 1. The fraction of sp³-hybridized carbons (Fsp3) is 0.400. The molecule has 23 heavy (non-hydrogen) atoms. The second-order valence-corrected chi connectivity index (χ2v) is 4.67. The van der Waals surface area contributed by atoms with E-state index >= 15 is 0 Å². The molecule has 123 valence electrons. The summed E-state index contributed by atoms with van der Waals surface area (Å²) in [5, 5.41) is 0. The minimum atomic E-state index is 0. The highest BCUT2D eigenvalue weighted by molar-refractivity contribution is 5.75. The standard InChI is InChI=1S/C16H17NO.2C2H6.B/c17-11-14-10-9-13-7-4-8-15(16(13)18-14)12-5-2-1-3-6-12;2*1-2;/h1-8,14H,9-11,17H2;2*1-2H3;/t14-;;;/m1.../s1. The van der Waals surface area contributed by atoms with Gasteiger partial charge in [0.1, 0.15) is 11.9 Å². The molecule has 0 unspecified atom stereocenters. The lowest BCUT2D eigenvalue weighted by Gasteiger charge is -2.27. The highest BCUT2D eigenvalue weighted by atomic mass is 16.5. The van der Waals surface area contributed by atoms with Crippen LogP contribution in [0.1, 0.15) is 39.7 Å². The molecule has 0 aliphatic carbocycles. The number of fused-ring (bicyclic) bond motifs is 1. The Morgan fingerprint density at radius 3 is 2.22 bits per heavy atom. The molecule has 2 aromatic rings. The van der Waals surface area contributed by atoms with Crippen molar-refractivity contribution in [2.75, 3.05) is 6.54 Å². The number of hydrogen-bond acceptors (Lipinski definition) is 2. The van der Waals surface area contributed by atoms with Crippen LogP contribution in [0.5, 0.6) is 5.75 Å². The Morgan fingerprint density at radius 1 is 0.957 bits per heavy atom. The Labute approximate surface area is 143 Å². The van der Waals surface area contributed by atoms with E-state index < -0.39 is 0 Å². The van der Waals surface area contributed by atoms with Crippen LogP contribution in [-0.4, -0.2) is 21.1 Å². The summed E-state index contributed by atoms with van der Waals surface area (Å²) in [7, 11) is 0. The van der Waals surface area contributed by atoms with Crippen molar-refractivity contribution in [3.63, 3.8) is 0 Å². The van der Waals surface area contributed by atoms with Gasteiger partial charge in [0, 0.05) is 20.5 Å². The maximum absolute atomic E-state index is 6.04. The Balaban J connectivity index is 0.000000901. The van der Waals surface area contributed by atoms with Crippen LogP contribution in [0.25, 0.3) is 11.1 Å². The van der Waals surface area contributed by atoms with E-state index in [4.69, 9.17) is 10.5 Å². The van der Waals surface area contributed by atoms with Crippen LogP contribution < -0.4 is 10.5 Å². The number of aryl methyl sites for hydroxylation is 1. The SMILES string of the molecule is CC.CC.NC[C@H]1CCc2cccc(-c3ccccc3)c2O1.[B]. The van der Waals surface area contributed by atoms with Crippen molar-refractivity contribution in [1.29, 1.82) is 0 Å². The van der Waals surface area contributed by atoms with E-state index in [0.29, 0.717) is 6.54 Å². The fourth-order valence-corrected chi connectivity index (χ4v) is 2.47. The molecule has 0 spiro atoms. The molecule has 0 bridgehead atoms. The van der Waals surface area contributed by atoms with E-state index in [1.54, 1.807) is 0 Å². The minimum absolute atomic E-state index is 0. The van der Waals surface area contributed by atoms with Crippen molar-refractivity contribution in [3.8, 4) is 16.9 Å². The molecule has 1 aliphatic heterocycles. The van der Waals surface area contributed by atoms with Gasteiger partial charge in [-0.25, -0.2) is 0 Å². The summed E-state index contributed by atoms with van der Waals surface area (Å²) in [6.45, 7) is 8.59. The lowest BCUT2D eigenvalue weighted by molar-refractivity contribution is 0.182. The molecule has 1 heterocycles. The molecule has 0 fully saturated rings. The first-order valence-electron chi connectivity index (χ1n) is 8.42. The van der Waals surface area contributed by atoms with Crippen LogP contribution in [0.2, 0.25) is 0 Å². The molecule has 2 aromatic carbocycles. The lowest BCUT2D eigenvalue weighted by Crippen LogP contribution is -2.30. The van der Waals surface area contributed by atoms with Crippen molar-refractivity contribution in [2.24, 2.45) is 5.73 Å². The van der Waals surface area contributed by atoms with Gasteiger partial charge in [-0.3, -0.25) is 0 Å². The van der Waals surface area contributed by atoms with E-state index in [1.165, 1.54) is 16.7 Å². The average molecular weight is 310 g/mol. The molecule has 3 heteroatoms. The van der Waals surface area contributed by atoms with Gasteiger partial charge in [-0.2, -0.15) is 0 Å². The van der Waals surface area contributed by atoms with Crippen LogP contribution in [0, 0.1) is 0 Å². The number of nitrogens with two attached hydrogens (primary N) is 1. The van der Waals surface area contributed by atoms with Gasteiger partial charge in [0.05, 0.1) is 0 Å². The quantitative estimate of drug-likeness (QED) is 0.818. The van der Waals surface area contributed by atoms with Gasteiger partial charge in [0.15, 0.2) is 0 Å². The third-order valence-corrected chi connectivity index (χ3v) is 3.46. The molecule has 3 radical (unpaired) electrons. The molecule has 2 N–H and O–H groups in total. The average Bonchev–Trinajstić information content (AvgIpc) is 2.65. The summed E-state index contributed by atoms with van der Waals surface area (Å²) in [6, 6.07) is 16.7. The molecule has 1 aliphatic rings. The Hall–Kier alpha value is -1.74. The van der Waals surface area contributed by atoms with Crippen LogP contribution in [0.3, 0.4) is 0 Å². The van der Waals surface area contributed by atoms with Crippen molar-refractivity contribution in [1.82, 2.24) is 0 Å². The van der Waals surface area contributed by atoms with Crippen LogP contribution in [0.15, 0.2) is 48.5 Å². The van der Waals surface area contributed by atoms with Gasteiger partial charge in [0.25, 0.3) is 0 Å². The molecule has 0 saturated heterocycles. The van der Waals surface area contributed by atoms with Gasteiger partial charge in [-0.05, 0) is 24.0 Å². The minimum Gasteiger partial charge on any atom is -0.488 e. The van der Waals surface area contributed by atoms with E-state index in [1.807, 2.05) is 33.8 Å². The van der Waals surface area contributed by atoms with Gasteiger partial charge in [-0.1, -0.05) is 76.2 Å². The lowest BCUT2D eigenvalue weighted by atomic mass is 9.96. The number of para-hydroxylation sites is 1. The Kier molecular flexibility index (Phi) is 10.9. The fourth-order valence-electron chi connectivity index (χ4n) is 2.47. The molecule has 0 saturated carbocycles. The summed E-state index contributed by atoms with van der Waals surface area (Å²) in [6.07, 6.45) is 2.22. The van der Waals surface area contributed by atoms with E-state index in [9.17, 15) is 0 Å². The Bertz CT molecular complexity index is 543. The van der Waals surface area contributed by atoms with Crippen LogP contribution >= 0.6 is 0 Å². The van der Waals surface area contributed by atoms with Crippen molar-refractivity contribution < 1.29 is 4.74 Å². The van der Waals surface area contributed by atoms with Crippen LogP contribution in [0.4, 0.5) is 0 Å². The summed E-state index contributed by atoms with van der Waals surface area (Å²) in [5.74, 6) is 1.02. The number of hydrogen-bond donors (Lipinski definition) is 1. The summed E-state index contributed by atoms with van der Waals surface area (Å²) >= 11 is 0. The van der Waals surface area contributed by atoms with Crippen molar-refractivity contribution in [2.45, 2.75) is 46.6 Å². The Morgan fingerprint density at radius 2 is 1.61 bits per heavy atom. The maximum Gasteiger partial charge on any atom is 0.130 e. The summed E-state index contributed by atoms with van der Waals surface area (Å²) in [4.78, 5) is 0. The van der Waals surface area contributed by atoms with Gasteiger partial charge in [-0.15, -0.1) is 0 Å². The molecular weight excluding hydrogens is 281 g/mol. The second kappa shape index (κ2) is 11.8. The monoisotopic (exact) mass is 310 g/mol. The number of benzene rings is 2. The molecule has 0 amide bonds. The first-order chi connectivity index (χ1) is 10.9. The van der Waals surface area contributed by atoms with E-state index in [-0.39, 0.29) is 14.5 Å². The highest BCUT2D eigenvalue weighted by Gasteiger charge is 2.21. The van der Waals surface area contributed by atoms with E-state index in [2.05, 4.69) is 42.5 Å². The molecule has 0 aromatic heterocycles. The van der Waals surface area contributed by atoms with Crippen molar-refractivity contribution in [3.05, 3.63) is 54.1 Å². The summed E-state index contributed by atoms with van der Waals surface area (Å²) in [5.41, 5.74) is 9.39. The smallest absolute Gasteiger partial charge is 0.130 e. The third-order valence-electron chi connectivity index (χ3n) is 3.46. The zero-order chi connectivity index (χ0) is 16.4. The molecule has 2 nitrogen and oxygen atoms in total. The normalized spacial score (nSPS) is 14.6. The van der Waals surface area contributed by atoms with Gasteiger partial charge in [0.2, 0.25) is 0 Å². The first-order valence-corrected chi connectivity index (χ1v) is 8.42. The third kappa shape index (κ3) is 5.44. The summed E-state index contributed by atoms with van der Waals surface area (Å²) < 4.78 is 6.04. The maximum atomic E-state index is 6.04. The largest absolute Gasteiger partial charge is 0.488 e. The predicted molar refractivity (Wildman–Crippen MR) is 102 cm³/mol. The molecule has 3 rings (SSSR count). The van der Waals surface area contributed by atoms with Gasteiger partial charge < -0.3 is 10.5 Å². The number of rotatable bonds is 2. The van der Waals surface area contributed by atoms with E-state index in [0.717, 1.165) is 18.6 Å². The second-order valence-electron chi connectivity index (χ2n) is 4.67. The first kappa shape index (κ1) is 21.3. The zero-order valence-electron chi connectivity index (χ0n) is 14.9. The molecular formula is C20H29BNO. The molecule has 1 atom stereocenters.